The van der Waals surface area contributed by atoms with Crippen molar-refractivity contribution in [1.82, 2.24) is 9.13 Å². The van der Waals surface area contributed by atoms with E-state index in [1.54, 1.807) is 0 Å². The maximum absolute atomic E-state index is 3.78. The first kappa shape index (κ1) is 29.8. The average Bonchev–Trinajstić information content (AvgIpc) is 3.67. The van der Waals surface area contributed by atoms with Crippen LogP contribution in [0.4, 0.5) is 5.69 Å². The molecule has 0 aliphatic carbocycles. The van der Waals surface area contributed by atoms with E-state index in [1.165, 1.54) is 55.2 Å². The number of para-hydroxylation sites is 3. The number of rotatable bonds is 8. The molecule has 0 spiro atoms. The highest BCUT2D eigenvalue weighted by atomic mass is 15.0. The minimum absolute atomic E-state index is 0.858. The van der Waals surface area contributed by atoms with Crippen LogP contribution in [0.15, 0.2) is 151 Å². The van der Waals surface area contributed by atoms with Crippen molar-refractivity contribution in [3.8, 4) is 11.4 Å². The molecule has 3 nitrogen and oxygen atoms in total. The van der Waals surface area contributed by atoms with E-state index in [0.717, 1.165) is 24.2 Å². The largest absolute Gasteiger partial charge is 0.355 e. The third-order valence-electron chi connectivity index (χ3n) is 8.21. The minimum atomic E-state index is 0.858. The smallest absolute Gasteiger partial charge is 0.0549 e. The van der Waals surface area contributed by atoms with Gasteiger partial charge in [-0.05, 0) is 91.6 Å². The van der Waals surface area contributed by atoms with Gasteiger partial charge in [0.05, 0.1) is 22.2 Å². The summed E-state index contributed by atoms with van der Waals surface area (Å²) in [5.74, 6) is 0. The first-order chi connectivity index (χ1) is 22.2. The summed E-state index contributed by atoms with van der Waals surface area (Å²) >= 11 is 0. The standard InChI is InChI=1S/C40H35N3.C2H6/c1-3-13-31(41-40-29(2)22-24-37-35(40)26-27-42(37)32-16-6-4-7-17-32)15-12-14-30-23-25-39-36(28-30)34-20-10-11-21-38(34)43(39)33-18-8-5-9-19-33;1-2/h4-13,15-28,41H,3,14H2,1-2H3;1-2H3/b15-12-,31-13+;. The SMILES string of the molecule is CC.CC/C=C(\C=C/Cc1ccc2c(c1)c1ccccc1n2-c1ccccc1)Nc1c(C)ccc2c1ccn2-c1ccccc1. The normalized spacial score (nSPS) is 11.8. The van der Waals surface area contributed by atoms with Gasteiger partial charge >= 0.3 is 0 Å². The molecule has 0 aliphatic heterocycles. The Kier molecular flexibility index (Phi) is 8.98. The van der Waals surface area contributed by atoms with Gasteiger partial charge < -0.3 is 14.5 Å². The van der Waals surface area contributed by atoms with Crippen molar-refractivity contribution in [2.45, 2.75) is 40.5 Å². The fourth-order valence-corrected chi connectivity index (χ4v) is 6.15. The summed E-state index contributed by atoms with van der Waals surface area (Å²) in [5.41, 5.74) is 10.8. The zero-order valence-electron chi connectivity index (χ0n) is 26.7. The lowest BCUT2D eigenvalue weighted by Gasteiger charge is -2.14. The fourth-order valence-electron chi connectivity index (χ4n) is 6.15. The van der Waals surface area contributed by atoms with Crippen LogP contribution in [-0.4, -0.2) is 9.13 Å². The molecule has 2 heterocycles. The number of fused-ring (bicyclic) bond motifs is 4. The minimum Gasteiger partial charge on any atom is -0.355 e. The number of aryl methyl sites for hydroxylation is 1. The molecule has 1 N–H and O–H groups in total. The molecule has 0 amide bonds. The highest BCUT2D eigenvalue weighted by Crippen LogP contribution is 2.33. The van der Waals surface area contributed by atoms with Crippen molar-refractivity contribution in [2.24, 2.45) is 0 Å². The molecule has 0 saturated heterocycles. The van der Waals surface area contributed by atoms with E-state index < -0.39 is 0 Å². The highest BCUT2D eigenvalue weighted by Gasteiger charge is 2.13. The number of hydrogen-bond donors (Lipinski definition) is 1. The van der Waals surface area contributed by atoms with Crippen LogP contribution in [0.25, 0.3) is 44.1 Å². The molecule has 224 valence electrons. The number of hydrogen-bond acceptors (Lipinski definition) is 1. The summed E-state index contributed by atoms with van der Waals surface area (Å²) in [6.07, 6.45) is 10.7. The van der Waals surface area contributed by atoms with Gasteiger partial charge in [-0.25, -0.2) is 0 Å². The predicted molar refractivity (Wildman–Crippen MR) is 195 cm³/mol. The number of nitrogens with one attached hydrogen (secondary N) is 1. The van der Waals surface area contributed by atoms with Gasteiger partial charge in [-0.3, -0.25) is 0 Å². The van der Waals surface area contributed by atoms with Gasteiger partial charge in [0.1, 0.15) is 0 Å². The summed E-state index contributed by atoms with van der Waals surface area (Å²) in [6.45, 7) is 8.36. The Hall–Kier alpha value is -5.28. The zero-order chi connectivity index (χ0) is 31.2. The van der Waals surface area contributed by atoms with E-state index in [0.29, 0.717) is 0 Å². The maximum Gasteiger partial charge on any atom is 0.0549 e. The summed E-state index contributed by atoms with van der Waals surface area (Å²) in [7, 11) is 0. The molecule has 2 aromatic heterocycles. The van der Waals surface area contributed by atoms with Crippen LogP contribution >= 0.6 is 0 Å². The molecule has 0 fully saturated rings. The second-order valence-corrected chi connectivity index (χ2v) is 11.1. The lowest BCUT2D eigenvalue weighted by atomic mass is 10.1. The first-order valence-electron chi connectivity index (χ1n) is 16.1. The van der Waals surface area contributed by atoms with Gasteiger partial charge in [-0.1, -0.05) is 99.7 Å². The lowest BCUT2D eigenvalue weighted by molar-refractivity contribution is 1.13. The van der Waals surface area contributed by atoms with E-state index in [9.17, 15) is 0 Å². The van der Waals surface area contributed by atoms with E-state index >= 15 is 0 Å². The second-order valence-electron chi connectivity index (χ2n) is 11.1. The quantitative estimate of drug-likeness (QED) is 0.176. The molecule has 45 heavy (non-hydrogen) atoms. The van der Waals surface area contributed by atoms with Crippen LogP contribution in [0.2, 0.25) is 0 Å². The number of benzene rings is 5. The van der Waals surface area contributed by atoms with Crippen LogP contribution < -0.4 is 5.32 Å². The van der Waals surface area contributed by atoms with Gasteiger partial charge in [-0.2, -0.15) is 0 Å². The van der Waals surface area contributed by atoms with Crippen molar-refractivity contribution < 1.29 is 0 Å². The fraction of sp³-hybridized carbons (Fsp3) is 0.143. The summed E-state index contributed by atoms with van der Waals surface area (Å²) in [4.78, 5) is 0. The monoisotopic (exact) mass is 587 g/mol. The van der Waals surface area contributed by atoms with Crippen LogP contribution in [0.5, 0.6) is 0 Å². The average molecular weight is 588 g/mol. The van der Waals surface area contributed by atoms with Gasteiger partial charge in [-0.15, -0.1) is 0 Å². The molecular weight excluding hydrogens is 546 g/mol. The van der Waals surface area contributed by atoms with Crippen molar-refractivity contribution in [3.63, 3.8) is 0 Å². The molecule has 7 rings (SSSR count). The zero-order valence-corrected chi connectivity index (χ0v) is 26.7. The molecule has 0 bridgehead atoms. The summed E-state index contributed by atoms with van der Waals surface area (Å²) < 4.78 is 4.62. The van der Waals surface area contributed by atoms with Crippen LogP contribution in [0.1, 0.15) is 38.3 Å². The maximum atomic E-state index is 3.78. The van der Waals surface area contributed by atoms with Crippen LogP contribution in [0, 0.1) is 6.92 Å². The number of anilines is 1. The Morgan fingerprint density at radius 3 is 2.09 bits per heavy atom. The number of allylic oxidation sites excluding steroid dienone is 3. The molecule has 0 atom stereocenters. The molecule has 0 saturated carbocycles. The van der Waals surface area contributed by atoms with Crippen molar-refractivity contribution in [1.29, 1.82) is 0 Å². The van der Waals surface area contributed by atoms with E-state index in [4.69, 9.17) is 0 Å². The van der Waals surface area contributed by atoms with Crippen molar-refractivity contribution in [3.05, 3.63) is 163 Å². The number of aromatic nitrogens is 2. The topological polar surface area (TPSA) is 21.9 Å². The Labute approximate surface area is 266 Å². The Morgan fingerprint density at radius 2 is 1.33 bits per heavy atom. The first-order valence-corrected chi connectivity index (χ1v) is 16.1. The van der Waals surface area contributed by atoms with E-state index in [1.807, 2.05) is 13.8 Å². The van der Waals surface area contributed by atoms with Gasteiger partial charge in [0, 0.05) is 39.4 Å². The van der Waals surface area contributed by atoms with Gasteiger partial charge in [0.15, 0.2) is 0 Å². The molecule has 5 aromatic carbocycles. The molecule has 0 aliphatic rings. The van der Waals surface area contributed by atoms with Crippen molar-refractivity contribution in [2.75, 3.05) is 5.32 Å². The van der Waals surface area contributed by atoms with Crippen LogP contribution in [0.3, 0.4) is 0 Å². The van der Waals surface area contributed by atoms with Crippen molar-refractivity contribution >= 4 is 38.4 Å². The van der Waals surface area contributed by atoms with E-state index in [-0.39, 0.29) is 0 Å². The Balaban J connectivity index is 0.00000175. The molecule has 7 aromatic rings. The Bertz CT molecular complexity index is 2110. The van der Waals surface area contributed by atoms with Crippen LogP contribution in [-0.2, 0) is 6.42 Å². The molecule has 0 radical (unpaired) electrons. The van der Waals surface area contributed by atoms with Gasteiger partial charge in [0.2, 0.25) is 0 Å². The molecular formula is C42H41N3. The summed E-state index contributed by atoms with van der Waals surface area (Å²) in [6, 6.07) is 43.4. The van der Waals surface area contributed by atoms with E-state index in [2.05, 4.69) is 174 Å². The predicted octanol–water partition coefficient (Wildman–Crippen LogP) is 11.6. The molecule has 3 heteroatoms. The lowest BCUT2D eigenvalue weighted by Crippen LogP contribution is -2.00. The third-order valence-corrected chi connectivity index (χ3v) is 8.21. The highest BCUT2D eigenvalue weighted by molar-refractivity contribution is 6.09. The second kappa shape index (κ2) is 13.6. The Morgan fingerprint density at radius 1 is 0.667 bits per heavy atom. The summed E-state index contributed by atoms with van der Waals surface area (Å²) in [5, 5.41) is 7.57. The molecule has 0 unspecified atom stereocenters. The number of nitrogens with zero attached hydrogens (tertiary/aromatic N) is 2. The third kappa shape index (κ3) is 5.94. The van der Waals surface area contributed by atoms with Gasteiger partial charge in [0.25, 0.3) is 0 Å².